The summed E-state index contributed by atoms with van der Waals surface area (Å²) in [6.45, 7) is 12.8. The van der Waals surface area contributed by atoms with Crippen LogP contribution in [0.15, 0.2) is 0 Å². The Kier molecular flexibility index (Phi) is 11.4. The summed E-state index contributed by atoms with van der Waals surface area (Å²) in [4.78, 5) is 0. The summed E-state index contributed by atoms with van der Waals surface area (Å²) in [5, 5.41) is 0. The van der Waals surface area contributed by atoms with E-state index in [2.05, 4.69) is 41.5 Å². The lowest BCUT2D eigenvalue weighted by Gasteiger charge is -1.95. The fourth-order valence-corrected chi connectivity index (χ4v) is 0.500. The third kappa shape index (κ3) is 43.6. The summed E-state index contributed by atoms with van der Waals surface area (Å²) >= 11 is 0. The Hall–Kier alpha value is 0. The molecule has 0 bridgehead atoms. The average Bonchev–Trinajstić information content (AvgIpc) is 1.62. The van der Waals surface area contributed by atoms with Gasteiger partial charge in [-0.3, -0.25) is 0 Å². The first-order valence-electron chi connectivity index (χ1n) is 4.06. The van der Waals surface area contributed by atoms with Gasteiger partial charge in [0.1, 0.15) is 0 Å². The fourth-order valence-electron chi connectivity index (χ4n) is 0.500. The van der Waals surface area contributed by atoms with E-state index in [9.17, 15) is 0 Å². The average molecular weight is 142 g/mol. The largest absolute Gasteiger partial charge is 0.0654 e. The van der Waals surface area contributed by atoms with Crippen LogP contribution < -0.4 is 0 Å². The highest BCUT2D eigenvalue weighted by molar-refractivity contribution is 4.74. The highest BCUT2D eigenvalue weighted by Crippen LogP contribution is 2.03. The molecule has 0 saturated carbocycles. The Bertz CT molecular complexity index is 41.2. The minimum Gasteiger partial charge on any atom is -0.0654 e. The normalized spacial score (nSPS) is 9.60. The lowest BCUT2D eigenvalue weighted by Crippen LogP contribution is -1.78. The van der Waals surface area contributed by atoms with E-state index in [-0.39, 0.29) is 0 Å². The maximum Gasteiger partial charge on any atom is -0.0303 e. The molecule has 10 heavy (non-hydrogen) atoms. The highest BCUT2D eigenvalue weighted by atomic mass is 13.9. The van der Waals surface area contributed by atoms with Gasteiger partial charge in [0.2, 0.25) is 0 Å². The zero-order valence-electron chi connectivity index (χ0n) is 8.41. The summed E-state index contributed by atoms with van der Waals surface area (Å²) in [6, 6.07) is 0. The second kappa shape index (κ2) is 9.00. The summed E-state index contributed by atoms with van der Waals surface area (Å²) < 4.78 is 0. The molecule has 0 aliphatic carbocycles. The van der Waals surface area contributed by atoms with Gasteiger partial charge in [-0.25, -0.2) is 0 Å². The molecule has 0 spiro atoms. The van der Waals surface area contributed by atoms with Gasteiger partial charge in [0.15, 0.2) is 0 Å². The van der Waals surface area contributed by atoms with E-state index in [4.69, 9.17) is 0 Å². The van der Waals surface area contributed by atoms with Gasteiger partial charge in [-0.2, -0.15) is 0 Å². The fraction of sp³-hybridized carbons (Fsp3) is 0.800. The second-order valence-corrected chi connectivity index (χ2v) is 3.46. The zero-order chi connectivity index (χ0) is 8.57. The van der Waals surface area contributed by atoms with Crippen molar-refractivity contribution in [3.05, 3.63) is 11.8 Å². The van der Waals surface area contributed by atoms with Crippen molar-refractivity contribution in [3.63, 3.8) is 0 Å². The van der Waals surface area contributed by atoms with Crippen molar-refractivity contribution in [2.24, 2.45) is 0 Å². The SMILES string of the molecule is CCC[C](C)C.C[C](C)C. The van der Waals surface area contributed by atoms with Gasteiger partial charge in [-0.05, 0) is 18.3 Å². The predicted molar refractivity (Wildman–Crippen MR) is 49.8 cm³/mol. The van der Waals surface area contributed by atoms with Crippen molar-refractivity contribution in [3.8, 4) is 0 Å². The lowest BCUT2D eigenvalue weighted by atomic mass is 10.1. The van der Waals surface area contributed by atoms with Gasteiger partial charge in [0.25, 0.3) is 0 Å². The molecule has 0 aromatic heterocycles. The van der Waals surface area contributed by atoms with E-state index in [1.807, 2.05) is 0 Å². The second-order valence-electron chi connectivity index (χ2n) is 3.46. The smallest absolute Gasteiger partial charge is 0.0303 e. The van der Waals surface area contributed by atoms with Crippen LogP contribution in [0.25, 0.3) is 0 Å². The summed E-state index contributed by atoms with van der Waals surface area (Å²) in [5.41, 5.74) is 0. The summed E-state index contributed by atoms with van der Waals surface area (Å²) in [7, 11) is 0. The van der Waals surface area contributed by atoms with Crippen LogP contribution in [0.1, 0.15) is 54.4 Å². The standard InChI is InChI=1S/C6H13.C4H9/c1-4-5-6(2)3;1-4(2)3/h4-5H2,1-3H3;1-3H3. The molecule has 0 aromatic carbocycles. The van der Waals surface area contributed by atoms with Crippen LogP contribution in [0.5, 0.6) is 0 Å². The van der Waals surface area contributed by atoms with Crippen molar-refractivity contribution in [1.82, 2.24) is 0 Å². The molecule has 0 aliphatic heterocycles. The molecule has 0 heterocycles. The Morgan fingerprint density at radius 2 is 1.20 bits per heavy atom. The highest BCUT2D eigenvalue weighted by Gasteiger charge is 1.86. The first kappa shape index (κ1) is 12.7. The van der Waals surface area contributed by atoms with Gasteiger partial charge in [0, 0.05) is 0 Å². The molecule has 0 nitrogen and oxygen atoms in total. The van der Waals surface area contributed by atoms with Crippen LogP contribution in [-0.2, 0) is 0 Å². The third-order valence-corrected chi connectivity index (χ3v) is 0.750. The van der Waals surface area contributed by atoms with Gasteiger partial charge in [0.05, 0.1) is 0 Å². The van der Waals surface area contributed by atoms with Crippen LogP contribution in [-0.4, -0.2) is 0 Å². The molecule has 0 N–H and O–H groups in total. The van der Waals surface area contributed by atoms with Crippen molar-refractivity contribution in [2.75, 3.05) is 0 Å². The molecular formula is C10H22. The third-order valence-electron chi connectivity index (χ3n) is 0.750. The molecule has 0 saturated heterocycles. The van der Waals surface area contributed by atoms with E-state index in [0.717, 1.165) is 0 Å². The first-order chi connectivity index (χ1) is 4.50. The van der Waals surface area contributed by atoms with E-state index < -0.39 is 0 Å². The molecule has 0 aliphatic rings. The summed E-state index contributed by atoms with van der Waals surface area (Å²) in [5.74, 6) is 2.96. The Labute approximate surface area is 67.0 Å². The van der Waals surface area contributed by atoms with Crippen molar-refractivity contribution >= 4 is 0 Å². The van der Waals surface area contributed by atoms with E-state index >= 15 is 0 Å². The topological polar surface area (TPSA) is 0 Å². The monoisotopic (exact) mass is 142 g/mol. The van der Waals surface area contributed by atoms with Crippen LogP contribution in [0.3, 0.4) is 0 Å². The Morgan fingerprint density at radius 3 is 1.20 bits per heavy atom. The molecular weight excluding hydrogens is 120 g/mol. The maximum atomic E-state index is 2.20. The van der Waals surface area contributed by atoms with Crippen molar-refractivity contribution in [2.45, 2.75) is 54.4 Å². The van der Waals surface area contributed by atoms with Gasteiger partial charge >= 0.3 is 0 Å². The van der Waals surface area contributed by atoms with E-state index in [1.165, 1.54) is 24.7 Å². The van der Waals surface area contributed by atoms with E-state index in [1.54, 1.807) is 0 Å². The van der Waals surface area contributed by atoms with Crippen LogP contribution >= 0.6 is 0 Å². The van der Waals surface area contributed by atoms with Crippen molar-refractivity contribution in [1.29, 1.82) is 0 Å². The number of hydrogen-bond donors (Lipinski definition) is 0. The van der Waals surface area contributed by atoms with Crippen LogP contribution in [0, 0.1) is 11.8 Å². The molecule has 62 valence electrons. The predicted octanol–water partition coefficient (Wildman–Crippen LogP) is 4.02. The van der Waals surface area contributed by atoms with Gasteiger partial charge < -0.3 is 0 Å². The summed E-state index contributed by atoms with van der Waals surface area (Å²) in [6.07, 6.45) is 2.59. The minimum absolute atomic E-state index is 1.29. The van der Waals surface area contributed by atoms with Crippen LogP contribution in [0.4, 0.5) is 0 Å². The number of rotatable bonds is 2. The Morgan fingerprint density at radius 1 is 0.900 bits per heavy atom. The van der Waals surface area contributed by atoms with Crippen LogP contribution in [0.2, 0.25) is 0 Å². The first-order valence-corrected chi connectivity index (χ1v) is 4.06. The molecule has 0 atom stereocenters. The molecule has 0 rings (SSSR count). The van der Waals surface area contributed by atoms with Gasteiger partial charge in [-0.15, -0.1) is 0 Å². The Balaban J connectivity index is 0. The zero-order valence-corrected chi connectivity index (χ0v) is 8.41. The minimum atomic E-state index is 1.29. The molecule has 2 radical (unpaired) electrons. The molecule has 0 fully saturated rings. The molecule has 0 unspecified atom stereocenters. The maximum absolute atomic E-state index is 2.20. The quantitative estimate of drug-likeness (QED) is 0.546. The molecule has 0 amide bonds. The van der Waals surface area contributed by atoms with Gasteiger partial charge in [-0.1, -0.05) is 48.0 Å². The van der Waals surface area contributed by atoms with Crippen molar-refractivity contribution < 1.29 is 0 Å². The molecule has 0 heteroatoms. The lowest BCUT2D eigenvalue weighted by molar-refractivity contribution is 0.807. The number of hydrogen-bond acceptors (Lipinski definition) is 0. The van der Waals surface area contributed by atoms with E-state index in [0.29, 0.717) is 0 Å². The molecule has 0 aromatic rings.